The summed E-state index contributed by atoms with van der Waals surface area (Å²) in [6.07, 6.45) is 2.03. The third-order valence-corrected chi connectivity index (χ3v) is 3.31. The molecule has 0 saturated carbocycles. The molecule has 1 aromatic carbocycles. The van der Waals surface area contributed by atoms with Crippen LogP contribution in [0.25, 0.3) is 0 Å². The molecule has 0 amide bonds. The van der Waals surface area contributed by atoms with E-state index in [-0.39, 0.29) is 0 Å². The first-order valence-electron chi connectivity index (χ1n) is 5.29. The van der Waals surface area contributed by atoms with Gasteiger partial charge >= 0.3 is 0 Å². The van der Waals surface area contributed by atoms with Crippen LogP contribution in [0.5, 0.6) is 0 Å². The molecule has 16 heavy (non-hydrogen) atoms. The summed E-state index contributed by atoms with van der Waals surface area (Å²) in [5.74, 6) is 0. The average molecular weight is 233 g/mol. The Balaban J connectivity index is 2.17. The van der Waals surface area contributed by atoms with E-state index in [1.807, 2.05) is 18.3 Å². The van der Waals surface area contributed by atoms with Gasteiger partial charge in [0.05, 0.1) is 11.6 Å². The van der Waals surface area contributed by atoms with Gasteiger partial charge in [-0.15, -0.1) is 11.3 Å². The third kappa shape index (κ3) is 2.68. The second kappa shape index (κ2) is 4.76. The Hall–Kier alpha value is -1.19. The van der Waals surface area contributed by atoms with Crippen LogP contribution < -0.4 is 0 Å². The van der Waals surface area contributed by atoms with Gasteiger partial charge in [0.2, 0.25) is 0 Å². The molecule has 1 unspecified atom stereocenters. The monoisotopic (exact) mass is 233 g/mol. The van der Waals surface area contributed by atoms with E-state index in [0.29, 0.717) is 6.42 Å². The highest BCUT2D eigenvalue weighted by Gasteiger charge is 2.10. The summed E-state index contributed by atoms with van der Waals surface area (Å²) in [5.41, 5.74) is 5.17. The molecule has 1 N–H and O–H groups in total. The molecule has 84 valence electrons. The van der Waals surface area contributed by atoms with E-state index in [4.69, 9.17) is 0 Å². The minimum absolute atomic E-state index is 0.431. The lowest BCUT2D eigenvalue weighted by molar-refractivity contribution is 0.179. The van der Waals surface area contributed by atoms with Crippen LogP contribution in [0.1, 0.15) is 27.7 Å². The fraction of sp³-hybridized carbons (Fsp3) is 0.308. The number of aliphatic hydroxyl groups is 1. The van der Waals surface area contributed by atoms with Crippen molar-refractivity contribution in [3.63, 3.8) is 0 Å². The molecule has 0 radical (unpaired) electrons. The molecular weight excluding hydrogens is 218 g/mol. The quantitative estimate of drug-likeness (QED) is 0.884. The topological polar surface area (TPSA) is 33.1 Å². The Morgan fingerprint density at radius 2 is 1.94 bits per heavy atom. The summed E-state index contributed by atoms with van der Waals surface area (Å²) < 4.78 is 0. The maximum absolute atomic E-state index is 10.1. The van der Waals surface area contributed by atoms with Gasteiger partial charge in [-0.2, -0.15) is 0 Å². The second-order valence-corrected chi connectivity index (χ2v) is 5.08. The molecular formula is C13H15NOS. The molecule has 2 aromatic rings. The van der Waals surface area contributed by atoms with Crippen molar-refractivity contribution in [2.75, 3.05) is 0 Å². The normalized spacial score (nSPS) is 12.7. The van der Waals surface area contributed by atoms with Crippen molar-refractivity contribution in [2.45, 2.75) is 26.4 Å². The largest absolute Gasteiger partial charge is 0.388 e. The number of aliphatic hydroxyl groups excluding tert-OH is 1. The highest BCUT2D eigenvalue weighted by molar-refractivity contribution is 7.09. The average Bonchev–Trinajstić information content (AvgIpc) is 2.68. The Bertz CT molecular complexity index is 445. The van der Waals surface area contributed by atoms with Crippen molar-refractivity contribution in [1.29, 1.82) is 0 Å². The van der Waals surface area contributed by atoms with Crippen LogP contribution in [0.2, 0.25) is 0 Å². The zero-order valence-electron chi connectivity index (χ0n) is 9.47. The fourth-order valence-electron chi connectivity index (χ4n) is 1.85. The van der Waals surface area contributed by atoms with Crippen molar-refractivity contribution in [2.24, 2.45) is 0 Å². The van der Waals surface area contributed by atoms with Gasteiger partial charge in [-0.3, -0.25) is 4.98 Å². The lowest BCUT2D eigenvalue weighted by Crippen LogP contribution is -2.01. The number of hydrogen-bond acceptors (Lipinski definition) is 3. The van der Waals surface area contributed by atoms with Crippen LogP contribution in [0, 0.1) is 13.8 Å². The standard InChI is InChI=1S/C13H15NOS/c1-9-3-10(2)5-11(4-9)13(15)6-12-7-14-8-16-12/h3-5,7-8,13,15H,6H2,1-2H3. The summed E-state index contributed by atoms with van der Waals surface area (Å²) >= 11 is 1.58. The van der Waals surface area contributed by atoms with Crippen LogP contribution >= 0.6 is 11.3 Å². The molecule has 0 spiro atoms. The highest BCUT2D eigenvalue weighted by atomic mass is 32.1. The van der Waals surface area contributed by atoms with Crippen LogP contribution in [0.4, 0.5) is 0 Å². The van der Waals surface area contributed by atoms with Gasteiger partial charge in [-0.1, -0.05) is 29.3 Å². The highest BCUT2D eigenvalue weighted by Crippen LogP contribution is 2.22. The zero-order chi connectivity index (χ0) is 11.5. The van der Waals surface area contributed by atoms with Gasteiger partial charge in [-0.05, 0) is 19.4 Å². The van der Waals surface area contributed by atoms with Gasteiger partial charge in [-0.25, -0.2) is 0 Å². The summed E-state index contributed by atoms with van der Waals surface area (Å²) in [4.78, 5) is 5.13. The van der Waals surface area contributed by atoms with Gasteiger partial charge in [0.1, 0.15) is 0 Å². The number of hydrogen-bond donors (Lipinski definition) is 1. The molecule has 0 bridgehead atoms. The predicted molar refractivity (Wildman–Crippen MR) is 66.7 cm³/mol. The minimum atomic E-state index is -0.431. The first-order valence-corrected chi connectivity index (χ1v) is 6.17. The van der Waals surface area contributed by atoms with Gasteiger partial charge < -0.3 is 5.11 Å². The first kappa shape index (κ1) is 11.3. The smallest absolute Gasteiger partial charge is 0.0839 e. The summed E-state index contributed by atoms with van der Waals surface area (Å²) in [5, 5.41) is 10.1. The number of benzene rings is 1. The summed E-state index contributed by atoms with van der Waals surface area (Å²) in [6, 6.07) is 6.19. The van der Waals surface area contributed by atoms with Crippen LogP contribution in [-0.4, -0.2) is 10.1 Å². The molecule has 2 nitrogen and oxygen atoms in total. The van der Waals surface area contributed by atoms with Crippen molar-refractivity contribution in [3.05, 3.63) is 51.5 Å². The molecule has 0 aliphatic heterocycles. The second-order valence-electron chi connectivity index (χ2n) is 4.11. The van der Waals surface area contributed by atoms with Gasteiger partial charge in [0.15, 0.2) is 0 Å². The number of nitrogens with zero attached hydrogens (tertiary/aromatic N) is 1. The molecule has 0 fully saturated rings. The van der Waals surface area contributed by atoms with Gasteiger partial charge in [0, 0.05) is 17.5 Å². The number of aryl methyl sites for hydroxylation is 2. The summed E-state index contributed by atoms with van der Waals surface area (Å²) in [7, 11) is 0. The maximum atomic E-state index is 10.1. The Morgan fingerprint density at radius 3 is 2.50 bits per heavy atom. The molecule has 1 aromatic heterocycles. The lowest BCUT2D eigenvalue weighted by atomic mass is 10.0. The van der Waals surface area contributed by atoms with E-state index >= 15 is 0 Å². The maximum Gasteiger partial charge on any atom is 0.0839 e. The fourth-order valence-corrected chi connectivity index (χ4v) is 2.49. The van der Waals surface area contributed by atoms with E-state index in [1.165, 1.54) is 11.1 Å². The molecule has 1 heterocycles. The Kier molecular flexibility index (Phi) is 3.36. The van der Waals surface area contributed by atoms with Crippen LogP contribution in [0.15, 0.2) is 29.9 Å². The van der Waals surface area contributed by atoms with E-state index in [1.54, 1.807) is 16.8 Å². The first-order chi connectivity index (χ1) is 7.65. The lowest BCUT2D eigenvalue weighted by Gasteiger charge is -2.11. The zero-order valence-corrected chi connectivity index (χ0v) is 10.3. The molecule has 1 atom stereocenters. The molecule has 0 saturated heterocycles. The minimum Gasteiger partial charge on any atom is -0.388 e. The number of rotatable bonds is 3. The van der Waals surface area contributed by atoms with Crippen LogP contribution in [-0.2, 0) is 6.42 Å². The van der Waals surface area contributed by atoms with E-state index in [2.05, 4.69) is 24.9 Å². The molecule has 0 aliphatic carbocycles. The Morgan fingerprint density at radius 1 is 1.25 bits per heavy atom. The molecule has 0 aliphatic rings. The van der Waals surface area contributed by atoms with E-state index < -0.39 is 6.10 Å². The van der Waals surface area contributed by atoms with Crippen molar-refractivity contribution in [3.8, 4) is 0 Å². The van der Waals surface area contributed by atoms with Gasteiger partial charge in [0.25, 0.3) is 0 Å². The van der Waals surface area contributed by atoms with Crippen molar-refractivity contribution in [1.82, 2.24) is 4.98 Å². The van der Waals surface area contributed by atoms with Crippen molar-refractivity contribution >= 4 is 11.3 Å². The van der Waals surface area contributed by atoms with E-state index in [9.17, 15) is 5.11 Å². The third-order valence-electron chi connectivity index (χ3n) is 2.51. The van der Waals surface area contributed by atoms with Crippen molar-refractivity contribution < 1.29 is 5.11 Å². The molecule has 2 rings (SSSR count). The Labute approximate surface area is 99.6 Å². The van der Waals surface area contributed by atoms with Crippen LogP contribution in [0.3, 0.4) is 0 Å². The number of thiazole rings is 1. The summed E-state index contributed by atoms with van der Waals surface area (Å²) in [6.45, 7) is 4.10. The number of aromatic nitrogens is 1. The SMILES string of the molecule is Cc1cc(C)cc(C(O)Cc2cncs2)c1. The van der Waals surface area contributed by atoms with E-state index in [0.717, 1.165) is 10.4 Å². The predicted octanol–water partition coefficient (Wildman–Crippen LogP) is 3.04. The molecule has 3 heteroatoms.